The van der Waals surface area contributed by atoms with Crippen LogP contribution in [0.25, 0.3) is 10.8 Å². The Morgan fingerprint density at radius 1 is 0.812 bits per heavy atom. The highest BCUT2D eigenvalue weighted by molar-refractivity contribution is 5.94. The molecule has 5 rings (SSSR count). The molecular weight excluding hydrogens is 398 g/mol. The van der Waals surface area contributed by atoms with E-state index in [1.54, 1.807) is 0 Å². The van der Waals surface area contributed by atoms with Crippen LogP contribution in [0.4, 0.5) is 23.3 Å². The zero-order valence-corrected chi connectivity index (χ0v) is 18.2. The summed E-state index contributed by atoms with van der Waals surface area (Å²) in [5, 5.41) is 8.95. The van der Waals surface area contributed by atoms with Crippen molar-refractivity contribution in [2.24, 2.45) is 0 Å². The number of nitrogens with one attached hydrogen (secondary N) is 2. The summed E-state index contributed by atoms with van der Waals surface area (Å²) >= 11 is 0. The number of benzene rings is 3. The molecule has 1 saturated heterocycles. The summed E-state index contributed by atoms with van der Waals surface area (Å²) in [5.41, 5.74) is 3.22. The molecule has 7 nitrogen and oxygen atoms in total. The van der Waals surface area contributed by atoms with Crippen LogP contribution in [-0.2, 0) is 6.54 Å². The molecule has 4 aromatic rings. The molecule has 32 heavy (non-hydrogen) atoms. The van der Waals surface area contributed by atoms with Crippen LogP contribution in [0.15, 0.2) is 73.1 Å². The van der Waals surface area contributed by atoms with Gasteiger partial charge in [0, 0.05) is 49.5 Å². The molecular formula is C25H27N7. The quantitative estimate of drug-likeness (QED) is 0.478. The van der Waals surface area contributed by atoms with Gasteiger partial charge in [-0.2, -0.15) is 4.98 Å². The fourth-order valence-electron chi connectivity index (χ4n) is 4.01. The molecule has 1 aliphatic rings. The number of fused-ring (bicyclic) bond motifs is 1. The van der Waals surface area contributed by atoms with Gasteiger partial charge in [-0.05, 0) is 36.2 Å². The van der Waals surface area contributed by atoms with Gasteiger partial charge >= 0.3 is 0 Å². The van der Waals surface area contributed by atoms with Gasteiger partial charge in [0.2, 0.25) is 11.9 Å². The van der Waals surface area contributed by atoms with Gasteiger partial charge in [-0.3, -0.25) is 4.90 Å². The number of hydrogen-bond acceptors (Lipinski definition) is 7. The topological polar surface area (TPSA) is 69.2 Å². The Bertz CT molecular complexity index is 1200. The molecule has 0 unspecified atom stereocenters. The minimum Gasteiger partial charge on any atom is -0.324 e. The minimum atomic E-state index is 0.507. The van der Waals surface area contributed by atoms with Crippen molar-refractivity contribution < 1.29 is 0 Å². The van der Waals surface area contributed by atoms with Crippen LogP contribution in [0.1, 0.15) is 5.56 Å². The molecule has 0 aliphatic carbocycles. The molecule has 1 aliphatic heterocycles. The van der Waals surface area contributed by atoms with Crippen molar-refractivity contribution >= 4 is 34.0 Å². The van der Waals surface area contributed by atoms with E-state index in [1.165, 1.54) is 17.3 Å². The van der Waals surface area contributed by atoms with Crippen LogP contribution in [0.2, 0.25) is 0 Å². The molecule has 7 heteroatoms. The van der Waals surface area contributed by atoms with Crippen molar-refractivity contribution in [3.8, 4) is 0 Å². The van der Waals surface area contributed by atoms with Crippen molar-refractivity contribution in [2.75, 3.05) is 43.9 Å². The summed E-state index contributed by atoms with van der Waals surface area (Å²) in [7, 11) is 2.18. The minimum absolute atomic E-state index is 0.507. The molecule has 1 aromatic heterocycles. The summed E-state index contributed by atoms with van der Waals surface area (Å²) < 4.78 is 0. The van der Waals surface area contributed by atoms with Crippen molar-refractivity contribution in [1.82, 2.24) is 24.8 Å². The number of aromatic nitrogens is 3. The van der Waals surface area contributed by atoms with Crippen LogP contribution >= 0.6 is 0 Å². The van der Waals surface area contributed by atoms with E-state index in [1.807, 2.05) is 30.3 Å². The molecule has 162 valence electrons. The number of anilines is 4. The maximum Gasteiger partial charge on any atom is 0.232 e. The SMILES string of the molecule is CN1CCN(Cc2cccc(Nc3ncnc(Nc4cccc5ccccc45)n3)c2)CC1. The molecule has 2 N–H and O–H groups in total. The fourth-order valence-corrected chi connectivity index (χ4v) is 4.01. The lowest BCUT2D eigenvalue weighted by Gasteiger charge is -2.32. The zero-order valence-electron chi connectivity index (χ0n) is 18.2. The third-order valence-corrected chi connectivity index (χ3v) is 5.79. The predicted molar refractivity (Wildman–Crippen MR) is 130 cm³/mol. The van der Waals surface area contributed by atoms with Crippen LogP contribution < -0.4 is 10.6 Å². The highest BCUT2D eigenvalue weighted by Crippen LogP contribution is 2.25. The lowest BCUT2D eigenvalue weighted by Crippen LogP contribution is -2.43. The standard InChI is InChI=1S/C25H27N7/c1-31-12-14-32(15-13-31)17-19-6-4-9-21(16-19)28-24-26-18-27-25(30-24)29-23-11-5-8-20-7-2-3-10-22(20)23/h2-11,16,18H,12-15,17H2,1H3,(H2,26,27,28,29,30). The number of likely N-dealkylation sites (N-methyl/N-ethyl adjacent to an activating group) is 1. The van der Waals surface area contributed by atoms with E-state index in [9.17, 15) is 0 Å². The predicted octanol–water partition coefficient (Wildman–Crippen LogP) is 4.26. The third kappa shape index (κ3) is 4.85. The summed E-state index contributed by atoms with van der Waals surface area (Å²) in [6.45, 7) is 5.40. The summed E-state index contributed by atoms with van der Waals surface area (Å²) in [6.07, 6.45) is 1.52. The van der Waals surface area contributed by atoms with Crippen molar-refractivity contribution in [1.29, 1.82) is 0 Å². The number of rotatable bonds is 6. The van der Waals surface area contributed by atoms with E-state index < -0.39 is 0 Å². The Morgan fingerprint density at radius 3 is 2.44 bits per heavy atom. The monoisotopic (exact) mass is 425 g/mol. The van der Waals surface area contributed by atoms with E-state index in [0.29, 0.717) is 11.9 Å². The van der Waals surface area contributed by atoms with Gasteiger partial charge in [0.1, 0.15) is 6.33 Å². The van der Waals surface area contributed by atoms with Crippen molar-refractivity contribution in [3.63, 3.8) is 0 Å². The first-order valence-electron chi connectivity index (χ1n) is 10.9. The first kappa shape index (κ1) is 20.4. The Labute approximate surface area is 188 Å². The molecule has 0 saturated carbocycles. The largest absolute Gasteiger partial charge is 0.324 e. The van der Waals surface area contributed by atoms with E-state index in [2.05, 4.69) is 78.8 Å². The summed E-state index contributed by atoms with van der Waals surface area (Å²) in [5.74, 6) is 1.02. The lowest BCUT2D eigenvalue weighted by molar-refractivity contribution is 0.148. The van der Waals surface area contributed by atoms with Gasteiger partial charge in [-0.25, -0.2) is 9.97 Å². The van der Waals surface area contributed by atoms with Crippen LogP contribution in [0.5, 0.6) is 0 Å². The molecule has 0 bridgehead atoms. The second-order valence-corrected chi connectivity index (χ2v) is 8.19. The Kier molecular flexibility index (Phi) is 5.91. The Morgan fingerprint density at radius 2 is 1.56 bits per heavy atom. The molecule has 0 amide bonds. The fraction of sp³-hybridized carbons (Fsp3) is 0.240. The third-order valence-electron chi connectivity index (χ3n) is 5.79. The lowest BCUT2D eigenvalue weighted by atomic mass is 10.1. The molecule has 1 fully saturated rings. The van der Waals surface area contributed by atoms with Gasteiger partial charge in [0.25, 0.3) is 0 Å². The van der Waals surface area contributed by atoms with Gasteiger partial charge in [0.15, 0.2) is 0 Å². The maximum atomic E-state index is 4.56. The van der Waals surface area contributed by atoms with Crippen LogP contribution in [0, 0.1) is 0 Å². The second kappa shape index (κ2) is 9.30. The van der Waals surface area contributed by atoms with Gasteiger partial charge in [0.05, 0.1) is 0 Å². The van der Waals surface area contributed by atoms with E-state index in [4.69, 9.17) is 0 Å². The molecule has 2 heterocycles. The van der Waals surface area contributed by atoms with Crippen molar-refractivity contribution in [3.05, 3.63) is 78.6 Å². The van der Waals surface area contributed by atoms with E-state index >= 15 is 0 Å². The first-order valence-corrected chi connectivity index (χ1v) is 10.9. The van der Waals surface area contributed by atoms with E-state index in [0.717, 1.165) is 49.5 Å². The van der Waals surface area contributed by atoms with E-state index in [-0.39, 0.29) is 0 Å². The first-order chi connectivity index (χ1) is 15.7. The average molecular weight is 426 g/mol. The van der Waals surface area contributed by atoms with Crippen LogP contribution in [0.3, 0.4) is 0 Å². The smallest absolute Gasteiger partial charge is 0.232 e. The molecule has 3 aromatic carbocycles. The maximum absolute atomic E-state index is 4.56. The molecule has 0 atom stereocenters. The number of piperazine rings is 1. The van der Waals surface area contributed by atoms with Crippen LogP contribution in [-0.4, -0.2) is 58.0 Å². The summed E-state index contributed by atoms with van der Waals surface area (Å²) in [6, 6.07) is 22.8. The summed E-state index contributed by atoms with van der Waals surface area (Å²) in [4.78, 5) is 18.0. The number of nitrogens with zero attached hydrogens (tertiary/aromatic N) is 5. The Hall–Kier alpha value is -3.55. The van der Waals surface area contributed by atoms with Gasteiger partial charge < -0.3 is 15.5 Å². The average Bonchev–Trinajstić information content (AvgIpc) is 2.81. The second-order valence-electron chi connectivity index (χ2n) is 8.19. The highest BCUT2D eigenvalue weighted by Gasteiger charge is 2.14. The van der Waals surface area contributed by atoms with Crippen molar-refractivity contribution in [2.45, 2.75) is 6.54 Å². The Balaban J connectivity index is 1.29. The normalized spacial score (nSPS) is 15.0. The molecule has 0 spiro atoms. The van der Waals surface area contributed by atoms with Gasteiger partial charge in [-0.1, -0.05) is 48.5 Å². The van der Waals surface area contributed by atoms with Gasteiger partial charge in [-0.15, -0.1) is 0 Å². The number of hydrogen-bond donors (Lipinski definition) is 2. The zero-order chi connectivity index (χ0) is 21.8. The molecule has 0 radical (unpaired) electrons. The highest BCUT2D eigenvalue weighted by atomic mass is 15.2.